The Balaban J connectivity index is 2.09. The molecule has 31 heavy (non-hydrogen) atoms. The van der Waals surface area contributed by atoms with Gasteiger partial charge in [-0.3, -0.25) is 9.59 Å². The summed E-state index contributed by atoms with van der Waals surface area (Å²) in [6.45, 7) is 4.73. The minimum absolute atomic E-state index is 0.158. The summed E-state index contributed by atoms with van der Waals surface area (Å²) in [6, 6.07) is 11.6. The van der Waals surface area contributed by atoms with Crippen LogP contribution < -0.4 is 10.1 Å². The van der Waals surface area contributed by atoms with Gasteiger partial charge in [0.15, 0.2) is 0 Å². The first-order chi connectivity index (χ1) is 14.9. The fourth-order valence-corrected chi connectivity index (χ4v) is 3.80. The first kappa shape index (κ1) is 25.3. The lowest BCUT2D eigenvalue weighted by Gasteiger charge is -2.31. The minimum Gasteiger partial charge on any atom is -0.494 e. The van der Waals surface area contributed by atoms with Crippen molar-refractivity contribution in [2.45, 2.75) is 45.7 Å². The monoisotopic (exact) mass is 484 g/mol. The van der Waals surface area contributed by atoms with Crippen LogP contribution in [-0.4, -0.2) is 35.9 Å². The molecule has 0 aromatic heterocycles. The maximum Gasteiger partial charge on any atom is 0.242 e. The number of benzene rings is 2. The van der Waals surface area contributed by atoms with Crippen LogP contribution >= 0.6 is 34.8 Å². The molecule has 0 spiro atoms. The first-order valence-corrected chi connectivity index (χ1v) is 11.4. The molecule has 0 aliphatic heterocycles. The molecule has 1 unspecified atom stereocenters. The Morgan fingerprint density at radius 2 is 1.68 bits per heavy atom. The van der Waals surface area contributed by atoms with Crippen molar-refractivity contribution in [3.63, 3.8) is 0 Å². The van der Waals surface area contributed by atoms with E-state index in [0.717, 1.165) is 0 Å². The molecule has 0 saturated carbocycles. The number of likely N-dealkylation sites (N-methyl/N-ethyl adjacent to an activating group) is 1. The van der Waals surface area contributed by atoms with E-state index < -0.39 is 6.04 Å². The lowest BCUT2D eigenvalue weighted by atomic mass is 10.1. The van der Waals surface area contributed by atoms with Gasteiger partial charge in [0.2, 0.25) is 11.8 Å². The summed E-state index contributed by atoms with van der Waals surface area (Å²) in [6.07, 6.45) is 1.20. The summed E-state index contributed by atoms with van der Waals surface area (Å²) in [7, 11) is 0. The van der Waals surface area contributed by atoms with Crippen LogP contribution in [0.15, 0.2) is 42.5 Å². The number of rotatable bonds is 11. The lowest BCUT2D eigenvalue weighted by Crippen LogP contribution is -2.49. The van der Waals surface area contributed by atoms with Gasteiger partial charge in [-0.25, -0.2) is 0 Å². The molecule has 1 atom stereocenters. The van der Waals surface area contributed by atoms with Crippen LogP contribution in [0.25, 0.3) is 0 Å². The molecule has 0 fully saturated rings. The molecule has 0 radical (unpaired) electrons. The van der Waals surface area contributed by atoms with Crippen LogP contribution in [0.3, 0.4) is 0 Å². The largest absolute Gasteiger partial charge is 0.494 e. The fraction of sp³-hybridized carbons (Fsp3) is 0.391. The van der Waals surface area contributed by atoms with E-state index in [4.69, 9.17) is 39.5 Å². The van der Waals surface area contributed by atoms with Crippen molar-refractivity contribution in [3.05, 3.63) is 63.1 Å². The molecule has 0 bridgehead atoms. The molecule has 2 aromatic carbocycles. The van der Waals surface area contributed by atoms with E-state index in [1.807, 2.05) is 13.8 Å². The van der Waals surface area contributed by atoms with Gasteiger partial charge in [-0.1, -0.05) is 47.8 Å². The Hall–Kier alpha value is -1.95. The van der Waals surface area contributed by atoms with Crippen molar-refractivity contribution in [2.24, 2.45) is 0 Å². The molecule has 2 amide bonds. The molecule has 0 aliphatic rings. The summed E-state index contributed by atoms with van der Waals surface area (Å²) in [4.78, 5) is 27.3. The SMILES string of the molecule is CCNC(=O)C(CC)N(Cc1c(Cl)cccc1Cl)C(=O)CCCOc1ccc(Cl)cc1. The second kappa shape index (κ2) is 12.8. The topological polar surface area (TPSA) is 58.6 Å². The zero-order valence-electron chi connectivity index (χ0n) is 17.7. The molecule has 1 N–H and O–H groups in total. The zero-order valence-corrected chi connectivity index (χ0v) is 19.9. The number of hydrogen-bond acceptors (Lipinski definition) is 3. The summed E-state index contributed by atoms with van der Waals surface area (Å²) in [5, 5.41) is 4.36. The predicted octanol–water partition coefficient (Wildman–Crippen LogP) is 5.75. The van der Waals surface area contributed by atoms with E-state index in [1.54, 1.807) is 47.4 Å². The van der Waals surface area contributed by atoms with Gasteiger partial charge in [0.25, 0.3) is 0 Å². The van der Waals surface area contributed by atoms with Crippen molar-refractivity contribution in [2.75, 3.05) is 13.2 Å². The van der Waals surface area contributed by atoms with Crippen molar-refractivity contribution in [1.82, 2.24) is 10.2 Å². The van der Waals surface area contributed by atoms with Gasteiger partial charge in [0, 0.05) is 40.1 Å². The smallest absolute Gasteiger partial charge is 0.242 e. The fourth-order valence-electron chi connectivity index (χ4n) is 3.15. The van der Waals surface area contributed by atoms with E-state index in [2.05, 4.69) is 5.32 Å². The van der Waals surface area contributed by atoms with Crippen LogP contribution in [0, 0.1) is 0 Å². The number of hydrogen-bond donors (Lipinski definition) is 1. The Morgan fingerprint density at radius 1 is 1.03 bits per heavy atom. The third-order valence-corrected chi connectivity index (χ3v) is 5.70. The third kappa shape index (κ3) is 7.60. The normalized spacial score (nSPS) is 11.6. The van der Waals surface area contributed by atoms with Crippen LogP contribution in [-0.2, 0) is 16.1 Å². The second-order valence-electron chi connectivity index (χ2n) is 6.95. The highest BCUT2D eigenvalue weighted by Crippen LogP contribution is 2.27. The third-order valence-electron chi connectivity index (χ3n) is 4.74. The Morgan fingerprint density at radius 3 is 2.26 bits per heavy atom. The van der Waals surface area contributed by atoms with Gasteiger partial charge in [-0.15, -0.1) is 0 Å². The molecule has 0 heterocycles. The van der Waals surface area contributed by atoms with E-state index in [-0.39, 0.29) is 24.8 Å². The number of ether oxygens (including phenoxy) is 1. The molecule has 0 aliphatic carbocycles. The number of amides is 2. The number of nitrogens with zero attached hydrogens (tertiary/aromatic N) is 1. The van der Waals surface area contributed by atoms with Crippen molar-refractivity contribution in [3.8, 4) is 5.75 Å². The molecule has 0 saturated heterocycles. The molecular formula is C23H27Cl3N2O3. The molecule has 168 valence electrons. The minimum atomic E-state index is -0.614. The Kier molecular flexibility index (Phi) is 10.4. The number of halogens is 3. The molecule has 5 nitrogen and oxygen atoms in total. The molecular weight excluding hydrogens is 459 g/mol. The summed E-state index contributed by atoms with van der Waals surface area (Å²) in [5.41, 5.74) is 0.624. The van der Waals surface area contributed by atoms with E-state index in [1.165, 1.54) is 0 Å². The number of carbonyl (C=O) groups is 2. The van der Waals surface area contributed by atoms with Crippen molar-refractivity contribution < 1.29 is 14.3 Å². The molecule has 2 aromatic rings. The number of nitrogens with one attached hydrogen (secondary N) is 1. The lowest BCUT2D eigenvalue weighted by molar-refractivity contribution is -0.141. The maximum atomic E-state index is 13.1. The summed E-state index contributed by atoms with van der Waals surface area (Å²) in [5.74, 6) is 0.332. The van der Waals surface area contributed by atoms with E-state index in [0.29, 0.717) is 52.4 Å². The highest BCUT2D eigenvalue weighted by Gasteiger charge is 2.29. The average Bonchev–Trinajstić information content (AvgIpc) is 2.74. The average molecular weight is 486 g/mol. The quantitative estimate of drug-likeness (QED) is 0.412. The van der Waals surface area contributed by atoms with Crippen molar-refractivity contribution >= 4 is 46.6 Å². The highest BCUT2D eigenvalue weighted by molar-refractivity contribution is 6.36. The molecule has 8 heteroatoms. The Bertz CT molecular complexity index is 855. The summed E-state index contributed by atoms with van der Waals surface area (Å²) >= 11 is 18.5. The van der Waals surface area contributed by atoms with Gasteiger partial charge < -0.3 is 15.0 Å². The number of carbonyl (C=O) groups excluding carboxylic acids is 2. The van der Waals surface area contributed by atoms with Gasteiger partial charge >= 0.3 is 0 Å². The van der Waals surface area contributed by atoms with E-state index >= 15 is 0 Å². The van der Waals surface area contributed by atoms with Crippen LogP contribution in [0.5, 0.6) is 5.75 Å². The maximum absolute atomic E-state index is 13.1. The van der Waals surface area contributed by atoms with Crippen molar-refractivity contribution in [1.29, 1.82) is 0 Å². The second-order valence-corrected chi connectivity index (χ2v) is 8.20. The van der Waals surface area contributed by atoms with Gasteiger partial charge in [-0.2, -0.15) is 0 Å². The molecule has 2 rings (SSSR count). The van der Waals surface area contributed by atoms with Gasteiger partial charge in [0.05, 0.1) is 6.61 Å². The van der Waals surface area contributed by atoms with Gasteiger partial charge in [-0.05, 0) is 56.2 Å². The Labute approximate surface area is 198 Å². The van der Waals surface area contributed by atoms with Crippen LogP contribution in [0.1, 0.15) is 38.7 Å². The van der Waals surface area contributed by atoms with Gasteiger partial charge in [0.1, 0.15) is 11.8 Å². The predicted molar refractivity (Wildman–Crippen MR) is 126 cm³/mol. The van der Waals surface area contributed by atoms with Crippen LogP contribution in [0.4, 0.5) is 0 Å². The van der Waals surface area contributed by atoms with E-state index in [9.17, 15) is 9.59 Å². The van der Waals surface area contributed by atoms with Crippen LogP contribution in [0.2, 0.25) is 15.1 Å². The summed E-state index contributed by atoms with van der Waals surface area (Å²) < 4.78 is 5.67. The standard InChI is InChI=1S/C23H27Cl3N2O3/c1-3-21(23(30)27-4-2)28(15-18-19(25)7-5-8-20(18)26)22(29)9-6-14-31-17-12-10-16(24)11-13-17/h5,7-8,10-13,21H,3-4,6,9,14-15H2,1-2H3,(H,27,30). The zero-order chi connectivity index (χ0) is 22.8. The highest BCUT2D eigenvalue weighted by atomic mass is 35.5. The first-order valence-electron chi connectivity index (χ1n) is 10.3.